The Morgan fingerprint density at radius 2 is 2.44 bits per heavy atom. The summed E-state index contributed by atoms with van der Waals surface area (Å²) in [6.45, 7) is 0. The lowest BCUT2D eigenvalue weighted by atomic mass is 10.2. The highest BCUT2D eigenvalue weighted by Gasteiger charge is 2.11. The van der Waals surface area contributed by atoms with Crippen molar-refractivity contribution >= 4 is 12.3 Å². The van der Waals surface area contributed by atoms with Crippen LogP contribution in [0.25, 0.3) is 0 Å². The zero-order valence-electron chi connectivity index (χ0n) is 5.16. The number of carbonyl (C=O) groups excluding carboxylic acids is 2. The van der Waals surface area contributed by atoms with E-state index in [4.69, 9.17) is 5.73 Å². The van der Waals surface area contributed by atoms with E-state index in [-0.39, 0.29) is 6.42 Å². The van der Waals surface area contributed by atoms with Gasteiger partial charge in [0.05, 0.1) is 7.11 Å². The Kier molecular flexibility index (Phi) is 3.62. The number of aldehydes is 1. The minimum absolute atomic E-state index is 0.0205. The fraction of sp³-hybridized carbons (Fsp3) is 0.600. The molecular formula is C5H9NO3. The predicted molar refractivity (Wildman–Crippen MR) is 30.7 cm³/mol. The van der Waals surface area contributed by atoms with E-state index in [1.807, 2.05) is 0 Å². The normalized spacial score (nSPS) is 12.2. The van der Waals surface area contributed by atoms with Gasteiger partial charge in [0.15, 0.2) is 0 Å². The van der Waals surface area contributed by atoms with E-state index in [1.54, 1.807) is 0 Å². The molecule has 0 spiro atoms. The summed E-state index contributed by atoms with van der Waals surface area (Å²) in [6, 6.07) is -0.799. The second-order valence-corrected chi connectivity index (χ2v) is 1.53. The molecule has 0 amide bonds. The van der Waals surface area contributed by atoms with E-state index in [1.165, 1.54) is 7.11 Å². The average molecular weight is 131 g/mol. The van der Waals surface area contributed by atoms with Crippen LogP contribution in [0.1, 0.15) is 6.42 Å². The molecular weight excluding hydrogens is 122 g/mol. The minimum atomic E-state index is -0.799. The van der Waals surface area contributed by atoms with E-state index in [9.17, 15) is 9.59 Å². The molecule has 0 aliphatic carbocycles. The summed E-state index contributed by atoms with van der Waals surface area (Å²) in [7, 11) is 1.23. The van der Waals surface area contributed by atoms with Crippen LogP contribution in [0.15, 0.2) is 0 Å². The van der Waals surface area contributed by atoms with E-state index in [2.05, 4.69) is 4.74 Å². The Morgan fingerprint density at radius 3 is 2.78 bits per heavy atom. The maximum Gasteiger partial charge on any atom is 0.323 e. The van der Waals surface area contributed by atoms with Gasteiger partial charge in [-0.15, -0.1) is 0 Å². The number of ether oxygens (including phenoxy) is 1. The molecule has 0 heterocycles. The highest BCUT2D eigenvalue weighted by molar-refractivity contribution is 5.78. The van der Waals surface area contributed by atoms with Crippen LogP contribution in [0.5, 0.6) is 0 Å². The van der Waals surface area contributed by atoms with Crippen molar-refractivity contribution in [2.75, 3.05) is 7.11 Å². The number of carbonyl (C=O) groups is 2. The molecule has 0 unspecified atom stereocenters. The van der Waals surface area contributed by atoms with Crippen molar-refractivity contribution in [1.82, 2.24) is 0 Å². The van der Waals surface area contributed by atoms with Crippen LogP contribution in [0, 0.1) is 0 Å². The van der Waals surface area contributed by atoms with Crippen molar-refractivity contribution in [3.8, 4) is 0 Å². The van der Waals surface area contributed by atoms with Crippen LogP contribution < -0.4 is 5.73 Å². The molecule has 9 heavy (non-hydrogen) atoms. The highest BCUT2D eigenvalue weighted by Crippen LogP contribution is 1.85. The predicted octanol–water partition coefficient (Wildman–Crippen LogP) is -0.924. The SMILES string of the molecule is COC(=O)[C@H](N)CC=O. The first-order valence-electron chi connectivity index (χ1n) is 2.49. The summed E-state index contributed by atoms with van der Waals surface area (Å²) >= 11 is 0. The first-order valence-corrected chi connectivity index (χ1v) is 2.49. The van der Waals surface area contributed by atoms with Crippen molar-refractivity contribution in [3.05, 3.63) is 0 Å². The van der Waals surface area contributed by atoms with Gasteiger partial charge in [-0.05, 0) is 0 Å². The number of methoxy groups -OCH3 is 1. The maximum atomic E-state index is 10.4. The first kappa shape index (κ1) is 8.10. The van der Waals surface area contributed by atoms with E-state index < -0.39 is 12.0 Å². The molecule has 4 heteroatoms. The van der Waals surface area contributed by atoms with Crippen molar-refractivity contribution < 1.29 is 14.3 Å². The van der Waals surface area contributed by atoms with Crippen LogP contribution >= 0.6 is 0 Å². The summed E-state index contributed by atoms with van der Waals surface area (Å²) in [4.78, 5) is 20.1. The Morgan fingerprint density at radius 1 is 1.89 bits per heavy atom. The molecule has 0 fully saturated rings. The third kappa shape index (κ3) is 2.81. The van der Waals surface area contributed by atoms with Gasteiger partial charge in [0.2, 0.25) is 0 Å². The Balaban J connectivity index is 3.58. The zero-order chi connectivity index (χ0) is 7.28. The van der Waals surface area contributed by atoms with Crippen molar-refractivity contribution in [2.45, 2.75) is 12.5 Å². The number of hydrogen-bond acceptors (Lipinski definition) is 4. The van der Waals surface area contributed by atoms with E-state index in [0.29, 0.717) is 6.29 Å². The summed E-state index contributed by atoms with van der Waals surface area (Å²) in [5.74, 6) is -0.554. The van der Waals surface area contributed by atoms with Gasteiger partial charge in [0, 0.05) is 6.42 Å². The molecule has 0 aliphatic rings. The molecule has 0 aliphatic heterocycles. The van der Waals surface area contributed by atoms with Crippen molar-refractivity contribution in [1.29, 1.82) is 0 Å². The van der Waals surface area contributed by atoms with Gasteiger partial charge in [-0.25, -0.2) is 0 Å². The van der Waals surface area contributed by atoms with Crippen LogP contribution in [0.2, 0.25) is 0 Å². The third-order valence-corrected chi connectivity index (χ3v) is 0.854. The third-order valence-electron chi connectivity index (χ3n) is 0.854. The fourth-order valence-corrected chi connectivity index (χ4v) is 0.351. The van der Waals surface area contributed by atoms with E-state index in [0.717, 1.165) is 0 Å². The zero-order valence-corrected chi connectivity index (χ0v) is 5.16. The number of rotatable bonds is 3. The molecule has 0 rings (SSSR count). The van der Waals surface area contributed by atoms with Gasteiger partial charge >= 0.3 is 5.97 Å². The summed E-state index contributed by atoms with van der Waals surface area (Å²) in [5.41, 5.74) is 5.13. The molecule has 1 atom stereocenters. The second kappa shape index (κ2) is 4.03. The summed E-state index contributed by atoms with van der Waals surface area (Å²) in [6.07, 6.45) is 0.605. The van der Waals surface area contributed by atoms with Gasteiger partial charge in [0.1, 0.15) is 12.3 Å². The Hall–Kier alpha value is -0.900. The average Bonchev–Trinajstić information content (AvgIpc) is 1.87. The molecule has 0 saturated carbocycles. The molecule has 0 aromatic carbocycles. The number of hydrogen-bond donors (Lipinski definition) is 1. The second-order valence-electron chi connectivity index (χ2n) is 1.53. The summed E-state index contributed by atoms with van der Waals surface area (Å²) < 4.78 is 4.24. The van der Waals surface area contributed by atoms with Gasteiger partial charge < -0.3 is 15.3 Å². The lowest BCUT2D eigenvalue weighted by Crippen LogP contribution is -2.31. The topological polar surface area (TPSA) is 69.4 Å². The Bertz CT molecular complexity index is 113. The molecule has 0 aromatic rings. The summed E-state index contributed by atoms with van der Waals surface area (Å²) in [5, 5.41) is 0. The fourth-order valence-electron chi connectivity index (χ4n) is 0.351. The molecule has 52 valence electrons. The van der Waals surface area contributed by atoms with E-state index >= 15 is 0 Å². The van der Waals surface area contributed by atoms with Crippen LogP contribution in [0.4, 0.5) is 0 Å². The highest BCUT2D eigenvalue weighted by atomic mass is 16.5. The smallest absolute Gasteiger partial charge is 0.323 e. The van der Waals surface area contributed by atoms with Gasteiger partial charge in [-0.2, -0.15) is 0 Å². The van der Waals surface area contributed by atoms with Gasteiger partial charge in [-0.3, -0.25) is 4.79 Å². The number of esters is 1. The lowest BCUT2D eigenvalue weighted by Gasteiger charge is -2.02. The molecule has 0 radical (unpaired) electrons. The quantitative estimate of drug-likeness (QED) is 0.397. The molecule has 0 saturated heterocycles. The lowest BCUT2D eigenvalue weighted by molar-refractivity contribution is -0.142. The number of nitrogens with two attached hydrogens (primary N) is 1. The monoisotopic (exact) mass is 131 g/mol. The van der Waals surface area contributed by atoms with Crippen molar-refractivity contribution in [2.24, 2.45) is 5.73 Å². The van der Waals surface area contributed by atoms with Gasteiger partial charge in [-0.1, -0.05) is 0 Å². The minimum Gasteiger partial charge on any atom is -0.468 e. The molecule has 0 aromatic heterocycles. The maximum absolute atomic E-state index is 10.4. The first-order chi connectivity index (χ1) is 4.22. The van der Waals surface area contributed by atoms with Crippen molar-refractivity contribution in [3.63, 3.8) is 0 Å². The standard InChI is InChI=1S/C5H9NO3/c1-9-5(8)4(6)2-3-7/h3-4H,2,6H2,1H3/t4-/m1/s1. The van der Waals surface area contributed by atoms with Crippen LogP contribution in [-0.4, -0.2) is 25.4 Å². The molecule has 4 nitrogen and oxygen atoms in total. The molecule has 0 bridgehead atoms. The van der Waals surface area contributed by atoms with Gasteiger partial charge in [0.25, 0.3) is 0 Å². The van der Waals surface area contributed by atoms with Crippen LogP contribution in [0.3, 0.4) is 0 Å². The largest absolute Gasteiger partial charge is 0.468 e. The van der Waals surface area contributed by atoms with Crippen LogP contribution in [-0.2, 0) is 14.3 Å². The molecule has 2 N–H and O–H groups in total. The Labute approximate surface area is 53.0 Å².